The first kappa shape index (κ1) is 20.4. The van der Waals surface area contributed by atoms with Gasteiger partial charge >= 0.3 is 0 Å². The SMILES string of the molecule is C=CCn1c(S[C@@H](C(=O)N2CCCCC2)c2ccccc2)nnc1-c1ccccc1. The van der Waals surface area contributed by atoms with E-state index in [9.17, 15) is 4.79 Å². The van der Waals surface area contributed by atoms with E-state index in [2.05, 4.69) is 16.8 Å². The van der Waals surface area contributed by atoms with Gasteiger partial charge in [0.2, 0.25) is 5.91 Å². The second kappa shape index (κ2) is 9.76. The fraction of sp³-hybridized carbons (Fsp3) is 0.292. The zero-order chi connectivity index (χ0) is 20.8. The molecule has 6 heteroatoms. The number of likely N-dealkylation sites (tertiary alicyclic amines) is 1. The van der Waals surface area contributed by atoms with Crippen molar-refractivity contribution in [3.63, 3.8) is 0 Å². The lowest BCUT2D eigenvalue weighted by molar-refractivity contribution is -0.131. The molecule has 0 bridgehead atoms. The van der Waals surface area contributed by atoms with E-state index in [0.29, 0.717) is 6.54 Å². The molecule has 4 rings (SSSR count). The summed E-state index contributed by atoms with van der Waals surface area (Å²) in [4.78, 5) is 15.5. The first-order chi connectivity index (χ1) is 14.8. The van der Waals surface area contributed by atoms with Crippen LogP contribution in [0.1, 0.15) is 30.1 Å². The molecular weight excluding hydrogens is 392 g/mol. The topological polar surface area (TPSA) is 51.0 Å². The molecule has 1 amide bonds. The van der Waals surface area contributed by atoms with Gasteiger partial charge in [0.1, 0.15) is 5.25 Å². The van der Waals surface area contributed by atoms with Gasteiger partial charge in [0, 0.05) is 25.2 Å². The maximum atomic E-state index is 13.5. The van der Waals surface area contributed by atoms with Crippen LogP contribution in [0.5, 0.6) is 0 Å². The number of carbonyl (C=O) groups is 1. The highest BCUT2D eigenvalue weighted by atomic mass is 32.2. The molecule has 0 N–H and O–H groups in total. The van der Waals surface area contributed by atoms with Gasteiger partial charge in [-0.1, -0.05) is 78.5 Å². The van der Waals surface area contributed by atoms with Gasteiger partial charge in [-0.2, -0.15) is 0 Å². The highest BCUT2D eigenvalue weighted by Gasteiger charge is 2.30. The highest BCUT2D eigenvalue weighted by Crippen LogP contribution is 2.37. The molecule has 2 aromatic carbocycles. The van der Waals surface area contributed by atoms with Gasteiger partial charge in [0.15, 0.2) is 11.0 Å². The molecule has 5 nitrogen and oxygen atoms in total. The maximum Gasteiger partial charge on any atom is 0.240 e. The predicted octanol–water partition coefficient (Wildman–Crippen LogP) is 4.98. The quantitative estimate of drug-likeness (QED) is 0.401. The van der Waals surface area contributed by atoms with Crippen LogP contribution < -0.4 is 0 Å². The number of rotatable bonds is 7. The molecule has 0 saturated carbocycles. The number of hydrogen-bond donors (Lipinski definition) is 0. The number of nitrogens with zero attached hydrogens (tertiary/aromatic N) is 4. The zero-order valence-electron chi connectivity index (χ0n) is 17.0. The van der Waals surface area contributed by atoms with Gasteiger partial charge in [0.05, 0.1) is 0 Å². The standard InChI is InChI=1S/C24H26N4OS/c1-2-16-28-22(20-14-8-4-9-15-20)25-26-24(28)30-21(19-12-6-3-7-13-19)23(29)27-17-10-5-11-18-27/h2-4,6-9,12-15,21H,1,5,10-11,16-18H2/t21-/m1/s1. The van der Waals surface area contributed by atoms with Crippen LogP contribution >= 0.6 is 11.8 Å². The van der Waals surface area contributed by atoms with Crippen LogP contribution in [0.15, 0.2) is 78.5 Å². The molecule has 154 valence electrons. The number of thioether (sulfide) groups is 1. The summed E-state index contributed by atoms with van der Waals surface area (Å²) < 4.78 is 2.03. The van der Waals surface area contributed by atoms with E-state index < -0.39 is 0 Å². The van der Waals surface area contributed by atoms with E-state index in [1.807, 2.05) is 76.2 Å². The second-order valence-corrected chi connectivity index (χ2v) is 8.44. The van der Waals surface area contributed by atoms with E-state index >= 15 is 0 Å². The molecule has 0 unspecified atom stereocenters. The Bertz CT molecular complexity index is 981. The molecule has 1 aromatic heterocycles. The van der Waals surface area contributed by atoms with Crippen LogP contribution in [0.3, 0.4) is 0 Å². The van der Waals surface area contributed by atoms with Crippen molar-refractivity contribution in [2.24, 2.45) is 0 Å². The number of amides is 1. The lowest BCUT2D eigenvalue weighted by Crippen LogP contribution is -2.38. The van der Waals surface area contributed by atoms with Crippen LogP contribution in [0, 0.1) is 0 Å². The predicted molar refractivity (Wildman–Crippen MR) is 121 cm³/mol. The molecule has 30 heavy (non-hydrogen) atoms. The third-order valence-electron chi connectivity index (χ3n) is 5.28. The van der Waals surface area contributed by atoms with E-state index in [4.69, 9.17) is 0 Å². The molecule has 0 aliphatic carbocycles. The molecule has 1 atom stereocenters. The van der Waals surface area contributed by atoms with Crippen molar-refractivity contribution in [2.75, 3.05) is 13.1 Å². The molecule has 2 heterocycles. The van der Waals surface area contributed by atoms with Gasteiger partial charge < -0.3 is 4.90 Å². The van der Waals surface area contributed by atoms with Crippen molar-refractivity contribution >= 4 is 17.7 Å². The van der Waals surface area contributed by atoms with E-state index in [0.717, 1.165) is 48.0 Å². The summed E-state index contributed by atoms with van der Waals surface area (Å²) in [6, 6.07) is 20.0. The molecule has 1 aliphatic heterocycles. The minimum absolute atomic E-state index is 0.153. The lowest BCUT2D eigenvalue weighted by Gasteiger charge is -2.30. The maximum absolute atomic E-state index is 13.5. The first-order valence-corrected chi connectivity index (χ1v) is 11.3. The largest absolute Gasteiger partial charge is 0.341 e. The van der Waals surface area contributed by atoms with Crippen LogP contribution in [0.25, 0.3) is 11.4 Å². The molecule has 1 fully saturated rings. The Morgan fingerprint density at radius 2 is 1.67 bits per heavy atom. The summed E-state index contributed by atoms with van der Waals surface area (Å²) in [5.74, 6) is 0.940. The number of carbonyl (C=O) groups excluding carboxylic acids is 1. The third-order valence-corrected chi connectivity index (χ3v) is 6.50. The van der Waals surface area contributed by atoms with Crippen molar-refractivity contribution in [2.45, 2.75) is 36.2 Å². The van der Waals surface area contributed by atoms with Gasteiger partial charge in [-0.15, -0.1) is 16.8 Å². The first-order valence-electron chi connectivity index (χ1n) is 10.4. The van der Waals surface area contributed by atoms with Crippen molar-refractivity contribution < 1.29 is 4.79 Å². The summed E-state index contributed by atoms with van der Waals surface area (Å²) >= 11 is 1.48. The lowest BCUT2D eigenvalue weighted by atomic mass is 10.1. The Labute approximate surface area is 181 Å². The third kappa shape index (κ3) is 4.49. The van der Waals surface area contributed by atoms with Crippen LogP contribution in [-0.4, -0.2) is 38.7 Å². The Kier molecular flexibility index (Phi) is 6.64. The Morgan fingerprint density at radius 3 is 2.33 bits per heavy atom. The van der Waals surface area contributed by atoms with Crippen LogP contribution in [0.4, 0.5) is 0 Å². The normalized spacial score (nSPS) is 15.0. The summed E-state index contributed by atoms with van der Waals surface area (Å²) in [5.41, 5.74) is 1.99. The van der Waals surface area contributed by atoms with Crippen molar-refractivity contribution in [1.29, 1.82) is 0 Å². The fourth-order valence-electron chi connectivity index (χ4n) is 3.74. The molecule has 0 spiro atoms. The highest BCUT2D eigenvalue weighted by molar-refractivity contribution is 8.00. The summed E-state index contributed by atoms with van der Waals surface area (Å²) in [5, 5.41) is 9.29. The minimum atomic E-state index is -0.347. The van der Waals surface area contributed by atoms with Gasteiger partial charge in [0.25, 0.3) is 0 Å². The minimum Gasteiger partial charge on any atom is -0.341 e. The fourth-order valence-corrected chi connectivity index (χ4v) is 4.87. The average Bonchev–Trinajstić information content (AvgIpc) is 3.21. The molecule has 1 saturated heterocycles. The number of aromatic nitrogens is 3. The van der Waals surface area contributed by atoms with Crippen molar-refractivity contribution in [3.8, 4) is 11.4 Å². The molecular formula is C24H26N4OS. The van der Waals surface area contributed by atoms with E-state index in [1.54, 1.807) is 0 Å². The zero-order valence-corrected chi connectivity index (χ0v) is 17.8. The van der Waals surface area contributed by atoms with E-state index in [-0.39, 0.29) is 11.2 Å². The smallest absolute Gasteiger partial charge is 0.240 e. The van der Waals surface area contributed by atoms with Crippen molar-refractivity contribution in [1.82, 2.24) is 19.7 Å². The van der Waals surface area contributed by atoms with Gasteiger partial charge in [-0.05, 0) is 24.8 Å². The monoisotopic (exact) mass is 418 g/mol. The summed E-state index contributed by atoms with van der Waals surface area (Å²) in [7, 11) is 0. The number of piperidine rings is 1. The summed E-state index contributed by atoms with van der Waals surface area (Å²) in [6.45, 7) is 6.14. The average molecular weight is 419 g/mol. The molecule has 1 aliphatic rings. The van der Waals surface area contributed by atoms with Crippen molar-refractivity contribution in [3.05, 3.63) is 78.9 Å². The van der Waals surface area contributed by atoms with Crippen LogP contribution in [0.2, 0.25) is 0 Å². The number of hydrogen-bond acceptors (Lipinski definition) is 4. The van der Waals surface area contributed by atoms with Gasteiger partial charge in [-0.25, -0.2) is 0 Å². The van der Waals surface area contributed by atoms with Gasteiger partial charge in [-0.3, -0.25) is 9.36 Å². The van der Waals surface area contributed by atoms with E-state index in [1.165, 1.54) is 18.2 Å². The Morgan fingerprint density at radius 1 is 1.00 bits per heavy atom. The molecule has 3 aromatic rings. The number of benzene rings is 2. The summed E-state index contributed by atoms with van der Waals surface area (Å²) in [6.07, 6.45) is 5.18. The number of allylic oxidation sites excluding steroid dienone is 1. The Hall–Kier alpha value is -2.86. The molecule has 0 radical (unpaired) electrons. The Balaban J connectivity index is 1.68. The van der Waals surface area contributed by atoms with Crippen LogP contribution in [-0.2, 0) is 11.3 Å². The second-order valence-electron chi connectivity index (χ2n) is 7.37.